The first-order chi connectivity index (χ1) is 14.8. The molecule has 4 rings (SSSR count). The largest absolute Gasteiger partial charge is 0.416 e. The Morgan fingerprint density at radius 3 is 2.65 bits per heavy atom. The minimum atomic E-state index is -4.58. The first-order valence-electron chi connectivity index (χ1n) is 9.32. The van der Waals surface area contributed by atoms with Crippen molar-refractivity contribution < 1.29 is 17.6 Å². The molecule has 31 heavy (non-hydrogen) atoms. The Hall–Kier alpha value is -3.11. The van der Waals surface area contributed by atoms with Gasteiger partial charge in [-0.15, -0.1) is 10.2 Å². The number of benzene rings is 2. The van der Waals surface area contributed by atoms with Gasteiger partial charge in [-0.3, -0.25) is 4.98 Å². The van der Waals surface area contributed by atoms with E-state index in [2.05, 4.69) is 20.5 Å². The average Bonchev–Trinajstić information content (AvgIpc) is 3.22. The molecule has 0 aliphatic rings. The number of nitrogens with two attached hydrogens (primary N) is 1. The Labute approximate surface area is 179 Å². The first-order valence-corrected chi connectivity index (χ1v) is 10.1. The molecular formula is C21H17F4N5S. The lowest BCUT2D eigenvalue weighted by Crippen LogP contribution is -2.31. The Kier molecular flexibility index (Phi) is 5.84. The Balaban J connectivity index is 1.38. The summed E-state index contributed by atoms with van der Waals surface area (Å²) in [6.45, 7) is 0.262. The molecule has 5 nitrogen and oxygen atoms in total. The van der Waals surface area contributed by atoms with Crippen LogP contribution in [-0.4, -0.2) is 27.8 Å². The highest BCUT2D eigenvalue weighted by Gasteiger charge is 2.31. The van der Waals surface area contributed by atoms with Gasteiger partial charge in [0, 0.05) is 35.9 Å². The molecule has 160 valence electrons. The molecule has 4 aromatic rings. The van der Waals surface area contributed by atoms with Crippen LogP contribution in [0.25, 0.3) is 21.3 Å². The SMILES string of the molecule is N[C@@H](CNc1nnc(-c2ccc3cnccc3c2)s1)Cc1ccc(C(F)(F)F)cc1F. The second-order valence-electron chi connectivity index (χ2n) is 7.00. The van der Waals surface area contributed by atoms with Crippen LogP contribution in [0, 0.1) is 5.82 Å². The van der Waals surface area contributed by atoms with E-state index in [0.717, 1.165) is 33.5 Å². The number of hydrogen-bond acceptors (Lipinski definition) is 6. The van der Waals surface area contributed by atoms with E-state index < -0.39 is 23.6 Å². The van der Waals surface area contributed by atoms with Crippen LogP contribution in [0.15, 0.2) is 54.9 Å². The van der Waals surface area contributed by atoms with Crippen LogP contribution in [0.3, 0.4) is 0 Å². The van der Waals surface area contributed by atoms with Crippen molar-refractivity contribution in [1.29, 1.82) is 0 Å². The predicted octanol–water partition coefficient (Wildman–Crippen LogP) is 4.89. The standard InChI is InChI=1S/C21H17F4N5S/c22-18-9-16(21(23,24)25)4-3-13(18)8-17(26)11-28-20-30-29-19(31-20)14-1-2-15-10-27-6-5-12(15)7-14/h1-7,9-10,17H,8,11,26H2,(H,28,30)/t17-/m1/s1. The van der Waals surface area contributed by atoms with Crippen LogP contribution in [0.1, 0.15) is 11.1 Å². The molecule has 2 aromatic carbocycles. The molecule has 2 aromatic heterocycles. The van der Waals surface area contributed by atoms with Crippen LogP contribution >= 0.6 is 11.3 Å². The number of alkyl halides is 3. The molecule has 3 N–H and O–H groups in total. The van der Waals surface area contributed by atoms with Gasteiger partial charge in [0.15, 0.2) is 0 Å². The molecule has 0 amide bonds. The summed E-state index contributed by atoms with van der Waals surface area (Å²) in [4.78, 5) is 4.09. The molecule has 0 spiro atoms. The Morgan fingerprint density at radius 2 is 1.87 bits per heavy atom. The maximum absolute atomic E-state index is 14.0. The van der Waals surface area contributed by atoms with Gasteiger partial charge in [-0.05, 0) is 41.6 Å². The third kappa shape index (κ3) is 4.97. The molecule has 10 heteroatoms. The monoisotopic (exact) mass is 447 g/mol. The highest BCUT2D eigenvalue weighted by atomic mass is 32.1. The average molecular weight is 447 g/mol. The summed E-state index contributed by atoms with van der Waals surface area (Å²) in [7, 11) is 0. The van der Waals surface area contributed by atoms with Gasteiger partial charge in [0.25, 0.3) is 0 Å². The van der Waals surface area contributed by atoms with Crippen molar-refractivity contribution in [3.05, 3.63) is 71.8 Å². The van der Waals surface area contributed by atoms with Gasteiger partial charge in [0.05, 0.1) is 5.56 Å². The number of pyridine rings is 1. The van der Waals surface area contributed by atoms with Gasteiger partial charge in [0.1, 0.15) is 10.8 Å². The second kappa shape index (κ2) is 8.56. The third-order valence-corrected chi connectivity index (χ3v) is 5.62. The molecule has 2 heterocycles. The van der Waals surface area contributed by atoms with Crippen LogP contribution in [0.5, 0.6) is 0 Å². The predicted molar refractivity (Wildman–Crippen MR) is 112 cm³/mol. The van der Waals surface area contributed by atoms with Gasteiger partial charge in [-0.2, -0.15) is 13.2 Å². The summed E-state index contributed by atoms with van der Waals surface area (Å²) >= 11 is 1.35. The summed E-state index contributed by atoms with van der Waals surface area (Å²) in [5, 5.41) is 14.7. The molecule has 0 fully saturated rings. The minimum Gasteiger partial charge on any atom is -0.359 e. The number of anilines is 1. The summed E-state index contributed by atoms with van der Waals surface area (Å²) in [5.74, 6) is -0.921. The number of nitrogens with one attached hydrogen (secondary N) is 1. The van der Waals surface area contributed by atoms with Crippen LogP contribution in [-0.2, 0) is 12.6 Å². The fraction of sp³-hybridized carbons (Fsp3) is 0.190. The van der Waals surface area contributed by atoms with E-state index in [4.69, 9.17) is 5.73 Å². The van der Waals surface area contributed by atoms with Crippen molar-refractivity contribution in [3.8, 4) is 10.6 Å². The lowest BCUT2D eigenvalue weighted by Gasteiger charge is -2.14. The van der Waals surface area contributed by atoms with Gasteiger partial charge in [-0.1, -0.05) is 29.5 Å². The van der Waals surface area contributed by atoms with E-state index in [1.54, 1.807) is 12.4 Å². The van der Waals surface area contributed by atoms with Crippen molar-refractivity contribution in [3.63, 3.8) is 0 Å². The van der Waals surface area contributed by atoms with E-state index in [0.29, 0.717) is 11.2 Å². The van der Waals surface area contributed by atoms with Crippen LogP contribution in [0.2, 0.25) is 0 Å². The van der Waals surface area contributed by atoms with Crippen molar-refractivity contribution in [2.24, 2.45) is 5.73 Å². The zero-order chi connectivity index (χ0) is 22.0. The van der Waals surface area contributed by atoms with Crippen molar-refractivity contribution in [1.82, 2.24) is 15.2 Å². The zero-order valence-corrected chi connectivity index (χ0v) is 16.8. The van der Waals surface area contributed by atoms with E-state index in [9.17, 15) is 17.6 Å². The second-order valence-corrected chi connectivity index (χ2v) is 7.98. The molecule has 0 radical (unpaired) electrons. The molecule has 0 aliphatic carbocycles. The smallest absolute Gasteiger partial charge is 0.359 e. The topological polar surface area (TPSA) is 76.7 Å². The molecule has 1 atom stereocenters. The lowest BCUT2D eigenvalue weighted by atomic mass is 10.0. The number of halogens is 4. The van der Waals surface area contributed by atoms with Crippen molar-refractivity contribution >= 4 is 27.2 Å². The molecule has 0 saturated carbocycles. The normalized spacial score (nSPS) is 12.8. The number of fused-ring (bicyclic) bond motifs is 1. The molecule has 0 saturated heterocycles. The first kappa shape index (κ1) is 21.1. The summed E-state index contributed by atoms with van der Waals surface area (Å²) in [6, 6.07) is 9.76. The molecule has 0 aliphatic heterocycles. The van der Waals surface area contributed by atoms with E-state index >= 15 is 0 Å². The van der Waals surface area contributed by atoms with Gasteiger partial charge in [0.2, 0.25) is 5.13 Å². The molecule has 0 bridgehead atoms. The highest BCUT2D eigenvalue weighted by Crippen LogP contribution is 2.31. The summed E-state index contributed by atoms with van der Waals surface area (Å²) < 4.78 is 52.0. The summed E-state index contributed by atoms with van der Waals surface area (Å²) in [5.41, 5.74) is 6.05. The maximum atomic E-state index is 14.0. The van der Waals surface area contributed by atoms with Gasteiger partial charge < -0.3 is 11.1 Å². The Bertz CT molecular complexity index is 1210. The fourth-order valence-electron chi connectivity index (χ4n) is 3.09. The van der Waals surface area contributed by atoms with E-state index in [-0.39, 0.29) is 18.5 Å². The van der Waals surface area contributed by atoms with Crippen LogP contribution in [0.4, 0.5) is 22.7 Å². The zero-order valence-electron chi connectivity index (χ0n) is 16.0. The fourth-order valence-corrected chi connectivity index (χ4v) is 3.84. The quantitative estimate of drug-likeness (QED) is 0.412. The van der Waals surface area contributed by atoms with E-state index in [1.165, 1.54) is 11.3 Å². The lowest BCUT2D eigenvalue weighted by molar-refractivity contribution is -0.137. The molecular weight excluding hydrogens is 430 g/mol. The van der Waals surface area contributed by atoms with Gasteiger partial charge >= 0.3 is 6.18 Å². The van der Waals surface area contributed by atoms with Crippen LogP contribution < -0.4 is 11.1 Å². The summed E-state index contributed by atoms with van der Waals surface area (Å²) in [6.07, 6.45) is -0.991. The van der Waals surface area contributed by atoms with Gasteiger partial charge in [-0.25, -0.2) is 4.39 Å². The highest BCUT2D eigenvalue weighted by molar-refractivity contribution is 7.18. The third-order valence-electron chi connectivity index (χ3n) is 4.69. The number of aromatic nitrogens is 3. The number of nitrogens with zero attached hydrogens (tertiary/aromatic N) is 3. The number of rotatable bonds is 6. The molecule has 0 unspecified atom stereocenters. The van der Waals surface area contributed by atoms with Crippen molar-refractivity contribution in [2.45, 2.75) is 18.6 Å². The van der Waals surface area contributed by atoms with Crippen molar-refractivity contribution in [2.75, 3.05) is 11.9 Å². The maximum Gasteiger partial charge on any atom is 0.416 e. The Morgan fingerprint density at radius 1 is 1.03 bits per heavy atom. The number of hydrogen-bond donors (Lipinski definition) is 2. The minimum absolute atomic E-state index is 0.0847. The van der Waals surface area contributed by atoms with E-state index in [1.807, 2.05) is 24.3 Å².